The van der Waals surface area contributed by atoms with Crippen molar-refractivity contribution < 1.29 is 4.57 Å². The Kier molecular flexibility index (Phi) is 3.22. The van der Waals surface area contributed by atoms with Crippen LogP contribution < -0.4 is 10.6 Å². The predicted molar refractivity (Wildman–Crippen MR) is 75.2 cm³/mol. The Morgan fingerprint density at radius 1 is 0.765 bits per heavy atom. The van der Waals surface area contributed by atoms with Gasteiger partial charge in [0.05, 0.1) is 0 Å². The van der Waals surface area contributed by atoms with Crippen molar-refractivity contribution in [3.05, 3.63) is 59.7 Å². The molecule has 0 atom stereocenters. The molecule has 0 spiro atoms. The van der Waals surface area contributed by atoms with Gasteiger partial charge < -0.3 is 4.57 Å². The van der Waals surface area contributed by atoms with E-state index in [1.807, 2.05) is 69.0 Å². The van der Waals surface area contributed by atoms with E-state index in [1.54, 1.807) is 0 Å². The van der Waals surface area contributed by atoms with Gasteiger partial charge in [-0.15, -0.1) is 0 Å². The zero-order valence-electron chi connectivity index (χ0n) is 10.5. The maximum Gasteiger partial charge on any atom is 0.140 e. The van der Waals surface area contributed by atoms with Crippen LogP contribution in [0.3, 0.4) is 0 Å². The molecule has 2 aromatic rings. The van der Waals surface area contributed by atoms with E-state index in [-0.39, 0.29) is 0 Å². The lowest BCUT2D eigenvalue weighted by Gasteiger charge is -2.18. The fourth-order valence-corrected chi connectivity index (χ4v) is 4.71. The molecule has 88 valence electrons. The summed E-state index contributed by atoms with van der Waals surface area (Å²) in [6.45, 7) is 5.89. The standard InChI is InChI=1S/C15H17OP/c1-12-8-4-6-10-14(12)17(3,16)15-11-7-5-9-13(15)2/h4-11H,1-3H3. The average molecular weight is 244 g/mol. The third-order valence-electron chi connectivity index (χ3n) is 3.15. The van der Waals surface area contributed by atoms with Crippen molar-refractivity contribution in [2.45, 2.75) is 13.8 Å². The van der Waals surface area contributed by atoms with E-state index < -0.39 is 7.14 Å². The molecule has 2 rings (SSSR count). The number of benzene rings is 2. The average Bonchev–Trinajstić information content (AvgIpc) is 2.29. The third kappa shape index (κ3) is 2.21. The minimum absolute atomic E-state index is 0.967. The van der Waals surface area contributed by atoms with Crippen molar-refractivity contribution in [3.63, 3.8) is 0 Å². The minimum Gasteiger partial charge on any atom is -0.314 e. The molecule has 1 nitrogen and oxygen atoms in total. The summed E-state index contributed by atoms with van der Waals surface area (Å²) in [4.78, 5) is 0. The van der Waals surface area contributed by atoms with Crippen molar-refractivity contribution in [2.24, 2.45) is 0 Å². The molecule has 0 N–H and O–H groups in total. The van der Waals surface area contributed by atoms with Crippen LogP contribution in [0.15, 0.2) is 48.5 Å². The molecule has 0 aliphatic heterocycles. The third-order valence-corrected chi connectivity index (χ3v) is 5.99. The summed E-state index contributed by atoms with van der Waals surface area (Å²) in [5, 5.41) is 1.93. The molecule has 0 aliphatic rings. The highest BCUT2D eigenvalue weighted by Gasteiger charge is 2.23. The molecule has 2 heteroatoms. The van der Waals surface area contributed by atoms with Gasteiger partial charge in [0.15, 0.2) is 0 Å². The van der Waals surface area contributed by atoms with Crippen LogP contribution in [0.2, 0.25) is 0 Å². The zero-order valence-corrected chi connectivity index (χ0v) is 11.4. The number of rotatable bonds is 2. The van der Waals surface area contributed by atoms with Gasteiger partial charge in [-0.05, 0) is 31.6 Å². The summed E-state index contributed by atoms with van der Waals surface area (Å²) >= 11 is 0. The Hall–Kier alpha value is -1.33. The molecular formula is C15H17OP. The minimum atomic E-state index is -2.47. The van der Waals surface area contributed by atoms with Crippen LogP contribution in [0.25, 0.3) is 0 Å². The highest BCUT2D eigenvalue weighted by atomic mass is 31.2. The Bertz CT molecular complexity index is 537. The SMILES string of the molecule is Cc1ccccc1P(C)(=O)c1ccccc1C. The molecule has 0 aromatic heterocycles. The second-order valence-corrected chi connectivity index (χ2v) is 7.31. The first kappa shape index (κ1) is 12.1. The first-order valence-corrected chi connectivity index (χ1v) is 7.89. The van der Waals surface area contributed by atoms with Crippen LogP contribution in [-0.4, -0.2) is 6.66 Å². The fourth-order valence-electron chi connectivity index (χ4n) is 2.21. The zero-order chi connectivity index (χ0) is 12.5. The first-order valence-electron chi connectivity index (χ1n) is 5.73. The highest BCUT2D eigenvalue weighted by molar-refractivity contribution is 7.78. The van der Waals surface area contributed by atoms with Gasteiger partial charge in [0, 0.05) is 10.6 Å². The van der Waals surface area contributed by atoms with Crippen molar-refractivity contribution in [1.82, 2.24) is 0 Å². The van der Waals surface area contributed by atoms with E-state index >= 15 is 0 Å². The second-order valence-electron chi connectivity index (χ2n) is 4.50. The van der Waals surface area contributed by atoms with Gasteiger partial charge in [-0.25, -0.2) is 0 Å². The molecule has 0 heterocycles. The van der Waals surface area contributed by atoms with Gasteiger partial charge in [0.2, 0.25) is 0 Å². The van der Waals surface area contributed by atoms with Crippen molar-refractivity contribution in [3.8, 4) is 0 Å². The molecule has 0 unspecified atom stereocenters. The molecule has 0 saturated heterocycles. The van der Waals surface area contributed by atoms with E-state index in [9.17, 15) is 4.57 Å². The number of hydrogen-bond acceptors (Lipinski definition) is 1. The summed E-state index contributed by atoms with van der Waals surface area (Å²) in [5.74, 6) is 0. The van der Waals surface area contributed by atoms with Crippen LogP contribution in [-0.2, 0) is 4.57 Å². The predicted octanol–water partition coefficient (Wildman–Crippen LogP) is 3.25. The molecular weight excluding hydrogens is 227 g/mol. The molecule has 17 heavy (non-hydrogen) atoms. The van der Waals surface area contributed by atoms with Crippen LogP contribution in [0.4, 0.5) is 0 Å². The summed E-state index contributed by atoms with van der Waals surface area (Å²) in [6, 6.07) is 15.9. The van der Waals surface area contributed by atoms with Gasteiger partial charge in [-0.3, -0.25) is 0 Å². The van der Waals surface area contributed by atoms with Crippen molar-refractivity contribution in [1.29, 1.82) is 0 Å². The maximum atomic E-state index is 13.1. The summed E-state index contributed by atoms with van der Waals surface area (Å²) in [5.41, 5.74) is 2.20. The molecule has 0 saturated carbocycles. The van der Waals surface area contributed by atoms with E-state index in [0.717, 1.165) is 21.7 Å². The summed E-state index contributed by atoms with van der Waals surface area (Å²) in [6.07, 6.45) is 0. The van der Waals surface area contributed by atoms with Crippen molar-refractivity contribution in [2.75, 3.05) is 6.66 Å². The van der Waals surface area contributed by atoms with Gasteiger partial charge in [0.1, 0.15) is 7.14 Å². The first-order chi connectivity index (χ1) is 8.03. The van der Waals surface area contributed by atoms with Gasteiger partial charge in [0.25, 0.3) is 0 Å². The molecule has 0 aliphatic carbocycles. The quantitative estimate of drug-likeness (QED) is 0.741. The van der Waals surface area contributed by atoms with E-state index in [4.69, 9.17) is 0 Å². The molecule has 0 radical (unpaired) electrons. The highest BCUT2D eigenvalue weighted by Crippen LogP contribution is 2.40. The number of aryl methyl sites for hydroxylation is 2. The summed E-state index contributed by atoms with van der Waals surface area (Å²) < 4.78 is 13.1. The van der Waals surface area contributed by atoms with Crippen LogP contribution >= 0.6 is 7.14 Å². The summed E-state index contributed by atoms with van der Waals surface area (Å²) in [7, 11) is -2.47. The van der Waals surface area contributed by atoms with E-state index in [1.165, 1.54) is 0 Å². The smallest absolute Gasteiger partial charge is 0.140 e. The van der Waals surface area contributed by atoms with Gasteiger partial charge in [-0.1, -0.05) is 48.5 Å². The topological polar surface area (TPSA) is 17.1 Å². The Morgan fingerprint density at radius 2 is 1.12 bits per heavy atom. The normalized spacial score (nSPS) is 11.5. The van der Waals surface area contributed by atoms with E-state index in [0.29, 0.717) is 0 Å². The molecule has 0 amide bonds. The molecule has 0 fully saturated rings. The van der Waals surface area contributed by atoms with Crippen LogP contribution in [0.1, 0.15) is 11.1 Å². The largest absolute Gasteiger partial charge is 0.314 e. The van der Waals surface area contributed by atoms with Crippen LogP contribution in [0.5, 0.6) is 0 Å². The lowest BCUT2D eigenvalue weighted by atomic mass is 10.2. The fraction of sp³-hybridized carbons (Fsp3) is 0.200. The maximum absolute atomic E-state index is 13.1. The molecule has 2 aromatic carbocycles. The van der Waals surface area contributed by atoms with E-state index in [2.05, 4.69) is 0 Å². The van der Waals surface area contributed by atoms with Gasteiger partial charge in [-0.2, -0.15) is 0 Å². The molecule has 0 bridgehead atoms. The van der Waals surface area contributed by atoms with Gasteiger partial charge >= 0.3 is 0 Å². The van der Waals surface area contributed by atoms with Crippen LogP contribution in [0, 0.1) is 13.8 Å². The Morgan fingerprint density at radius 3 is 1.47 bits per heavy atom. The number of hydrogen-bond donors (Lipinski definition) is 0. The van der Waals surface area contributed by atoms with Crippen molar-refractivity contribution >= 4 is 17.8 Å². The lowest BCUT2D eigenvalue weighted by Crippen LogP contribution is -2.19. The second kappa shape index (κ2) is 4.50. The Labute approximate surface area is 103 Å². The monoisotopic (exact) mass is 244 g/mol. The Balaban J connectivity index is 2.63. The lowest BCUT2D eigenvalue weighted by molar-refractivity contribution is 0.590.